The number of aromatic amines is 1. The third kappa shape index (κ3) is 8.35. The summed E-state index contributed by atoms with van der Waals surface area (Å²) in [5.74, 6) is -2.22. The highest BCUT2D eigenvalue weighted by Gasteiger charge is 2.43. The number of carbonyl (C=O) groups is 4. The summed E-state index contributed by atoms with van der Waals surface area (Å²) < 4.78 is 11.7. The van der Waals surface area contributed by atoms with Crippen LogP contribution in [0.3, 0.4) is 0 Å². The molecular weight excluding hydrogens is 566 g/mol. The summed E-state index contributed by atoms with van der Waals surface area (Å²) in [5.41, 5.74) is 7.14. The number of aliphatic hydroxyl groups excluding tert-OH is 1. The Morgan fingerprint density at radius 1 is 1.07 bits per heavy atom. The zero-order chi connectivity index (χ0) is 32.0. The van der Waals surface area contributed by atoms with Crippen LogP contribution in [0.15, 0.2) is 60.8 Å². The fourth-order valence-corrected chi connectivity index (χ4v) is 5.16. The Hall–Kier alpha value is -4.42. The van der Waals surface area contributed by atoms with Crippen LogP contribution >= 0.6 is 0 Å². The zero-order valence-corrected chi connectivity index (χ0v) is 25.4. The van der Waals surface area contributed by atoms with Gasteiger partial charge in [-0.1, -0.05) is 48.5 Å². The second kappa shape index (κ2) is 13.9. The molecule has 12 heteroatoms. The Balaban J connectivity index is 1.57. The molecule has 236 valence electrons. The van der Waals surface area contributed by atoms with Crippen molar-refractivity contribution in [3.8, 4) is 0 Å². The molecular formula is C32H41N5O7. The van der Waals surface area contributed by atoms with E-state index >= 15 is 0 Å². The third-order valence-corrected chi connectivity index (χ3v) is 7.34. The molecule has 1 aliphatic rings. The highest BCUT2D eigenvalue weighted by atomic mass is 16.6. The Labute approximate surface area is 256 Å². The van der Waals surface area contributed by atoms with Crippen LogP contribution in [0.5, 0.6) is 0 Å². The zero-order valence-electron chi connectivity index (χ0n) is 25.4. The van der Waals surface area contributed by atoms with Gasteiger partial charge in [0, 0.05) is 29.9 Å². The molecule has 0 bridgehead atoms. The van der Waals surface area contributed by atoms with Gasteiger partial charge in [-0.15, -0.1) is 0 Å². The smallest absolute Gasteiger partial charge is 0.411 e. The van der Waals surface area contributed by atoms with Gasteiger partial charge in [0.2, 0.25) is 17.7 Å². The number of nitrogens with two attached hydrogens (primary N) is 1. The monoisotopic (exact) mass is 607 g/mol. The SMILES string of the molecule is C[C@@H](O)[C@H](NC(=O)[C@H](Cc1c[nH]c2ccccc12)NC(=O)[C@@H]1C[C@@H](OCc2ccccc2)CN1C(=O)OC(C)(C)C)C(N)=O. The lowest BCUT2D eigenvalue weighted by Crippen LogP contribution is -2.58. The van der Waals surface area contributed by atoms with E-state index in [4.69, 9.17) is 15.2 Å². The number of primary amides is 1. The number of likely N-dealkylation sites (tertiary alicyclic amines) is 1. The fraction of sp³-hybridized carbons (Fsp3) is 0.438. The van der Waals surface area contributed by atoms with Crippen LogP contribution in [0.2, 0.25) is 0 Å². The first kappa shape index (κ1) is 32.5. The molecule has 5 atom stereocenters. The van der Waals surface area contributed by atoms with Crippen LogP contribution in [0.1, 0.15) is 45.2 Å². The number of para-hydroxylation sites is 1. The maximum Gasteiger partial charge on any atom is 0.411 e. The predicted octanol–water partition coefficient (Wildman–Crippen LogP) is 2.14. The van der Waals surface area contributed by atoms with E-state index < -0.39 is 59.7 Å². The van der Waals surface area contributed by atoms with E-state index in [1.165, 1.54) is 11.8 Å². The molecule has 1 aromatic heterocycles. The first-order valence-electron chi connectivity index (χ1n) is 14.6. The number of nitrogens with zero attached hydrogens (tertiary/aromatic N) is 1. The Morgan fingerprint density at radius 2 is 1.75 bits per heavy atom. The molecule has 4 rings (SSSR count). The maximum absolute atomic E-state index is 13.9. The molecule has 0 saturated carbocycles. The van der Waals surface area contributed by atoms with Gasteiger partial charge >= 0.3 is 6.09 Å². The Kier molecular flexibility index (Phi) is 10.3. The molecule has 3 aromatic rings. The molecule has 1 saturated heterocycles. The summed E-state index contributed by atoms with van der Waals surface area (Å²) in [6.07, 6.45) is -0.428. The van der Waals surface area contributed by atoms with E-state index in [1.54, 1.807) is 27.0 Å². The summed E-state index contributed by atoms with van der Waals surface area (Å²) in [5, 5.41) is 16.1. The molecule has 2 aromatic carbocycles. The average Bonchev–Trinajstić information content (AvgIpc) is 3.58. The Bertz CT molecular complexity index is 1470. The van der Waals surface area contributed by atoms with Gasteiger partial charge in [-0.05, 0) is 44.9 Å². The van der Waals surface area contributed by atoms with Crippen molar-refractivity contribution in [3.05, 3.63) is 71.9 Å². The number of aromatic nitrogens is 1. The molecule has 2 heterocycles. The van der Waals surface area contributed by atoms with Crippen molar-refractivity contribution in [3.63, 3.8) is 0 Å². The van der Waals surface area contributed by atoms with Gasteiger partial charge in [-0.3, -0.25) is 19.3 Å². The number of aliphatic hydroxyl groups is 1. The number of H-pyrrole nitrogens is 1. The highest BCUT2D eigenvalue weighted by Crippen LogP contribution is 2.25. The summed E-state index contributed by atoms with van der Waals surface area (Å²) in [4.78, 5) is 57.0. The van der Waals surface area contributed by atoms with Crippen molar-refractivity contribution in [1.82, 2.24) is 20.5 Å². The lowest BCUT2D eigenvalue weighted by molar-refractivity contribution is -0.134. The summed E-state index contributed by atoms with van der Waals surface area (Å²) >= 11 is 0. The Morgan fingerprint density at radius 3 is 2.41 bits per heavy atom. The highest BCUT2D eigenvalue weighted by molar-refractivity contribution is 5.94. The second-order valence-electron chi connectivity index (χ2n) is 12.1. The van der Waals surface area contributed by atoms with E-state index in [1.807, 2.05) is 54.6 Å². The average molecular weight is 608 g/mol. The van der Waals surface area contributed by atoms with Crippen LogP contribution in [-0.4, -0.2) is 81.3 Å². The van der Waals surface area contributed by atoms with Gasteiger partial charge in [-0.2, -0.15) is 0 Å². The first-order chi connectivity index (χ1) is 20.8. The van der Waals surface area contributed by atoms with Crippen molar-refractivity contribution in [2.45, 2.75) is 83.1 Å². The third-order valence-electron chi connectivity index (χ3n) is 7.34. The number of benzene rings is 2. The molecule has 0 radical (unpaired) electrons. The van der Waals surface area contributed by atoms with Gasteiger partial charge < -0.3 is 35.9 Å². The van der Waals surface area contributed by atoms with Gasteiger partial charge in [0.15, 0.2) is 0 Å². The van der Waals surface area contributed by atoms with Crippen molar-refractivity contribution >= 4 is 34.7 Å². The van der Waals surface area contributed by atoms with E-state index in [9.17, 15) is 24.3 Å². The number of amides is 4. The molecule has 0 unspecified atom stereocenters. The molecule has 6 N–H and O–H groups in total. The van der Waals surface area contributed by atoms with Gasteiger partial charge in [0.25, 0.3) is 0 Å². The van der Waals surface area contributed by atoms with Gasteiger partial charge in [0.05, 0.1) is 25.4 Å². The fourth-order valence-electron chi connectivity index (χ4n) is 5.16. The van der Waals surface area contributed by atoms with Crippen molar-refractivity contribution in [2.75, 3.05) is 6.54 Å². The number of hydrogen-bond donors (Lipinski definition) is 5. The molecule has 0 aliphatic carbocycles. The molecule has 1 fully saturated rings. The first-order valence-corrected chi connectivity index (χ1v) is 14.6. The van der Waals surface area contributed by atoms with Crippen molar-refractivity contribution < 1.29 is 33.8 Å². The van der Waals surface area contributed by atoms with Crippen LogP contribution in [0.4, 0.5) is 4.79 Å². The number of fused-ring (bicyclic) bond motifs is 1. The second-order valence-corrected chi connectivity index (χ2v) is 12.1. The standard InChI is InChI=1S/C32H41N5O7/c1-19(38)27(28(33)39)36-29(40)25(14-21-16-34-24-13-9-8-12-23(21)24)35-30(41)26-15-22(43-18-20-10-6-5-7-11-20)17-37(26)31(42)44-32(2,3)4/h5-13,16,19,22,25-27,34,38H,14-15,17-18H2,1-4H3,(H2,33,39)(H,35,41)(H,36,40)/t19-,22-,25+,26+,27+/m1/s1. The van der Waals surface area contributed by atoms with Crippen molar-refractivity contribution in [1.29, 1.82) is 0 Å². The number of rotatable bonds is 11. The molecule has 12 nitrogen and oxygen atoms in total. The molecule has 0 spiro atoms. The van der Waals surface area contributed by atoms with E-state index in [0.717, 1.165) is 22.0 Å². The van der Waals surface area contributed by atoms with Gasteiger partial charge in [-0.25, -0.2) is 4.79 Å². The minimum absolute atomic E-state index is 0.0555. The minimum atomic E-state index is -1.37. The normalized spacial score (nSPS) is 18.8. The molecule has 1 aliphatic heterocycles. The van der Waals surface area contributed by atoms with Crippen LogP contribution in [-0.2, 0) is 36.9 Å². The minimum Gasteiger partial charge on any atom is -0.444 e. The number of ether oxygens (including phenoxy) is 2. The maximum atomic E-state index is 13.9. The van der Waals surface area contributed by atoms with Crippen molar-refractivity contribution in [2.24, 2.45) is 5.73 Å². The van der Waals surface area contributed by atoms with E-state index in [2.05, 4.69) is 15.6 Å². The van der Waals surface area contributed by atoms with Gasteiger partial charge in [0.1, 0.15) is 23.7 Å². The molecule has 44 heavy (non-hydrogen) atoms. The topological polar surface area (TPSA) is 176 Å². The number of hydrogen-bond acceptors (Lipinski definition) is 7. The van der Waals surface area contributed by atoms with Crippen LogP contribution < -0.4 is 16.4 Å². The molecule has 4 amide bonds. The summed E-state index contributed by atoms with van der Waals surface area (Å²) in [6, 6.07) is 13.5. The lowest BCUT2D eigenvalue weighted by atomic mass is 10.0. The van der Waals surface area contributed by atoms with E-state index in [-0.39, 0.29) is 19.4 Å². The van der Waals surface area contributed by atoms with E-state index in [0.29, 0.717) is 6.61 Å². The van der Waals surface area contributed by atoms with Crippen LogP contribution in [0, 0.1) is 0 Å². The summed E-state index contributed by atoms with van der Waals surface area (Å²) in [7, 11) is 0. The largest absolute Gasteiger partial charge is 0.444 e. The quantitative estimate of drug-likeness (QED) is 0.222. The van der Waals surface area contributed by atoms with Crippen LogP contribution in [0.25, 0.3) is 10.9 Å². The number of carbonyl (C=O) groups excluding carboxylic acids is 4. The lowest BCUT2D eigenvalue weighted by Gasteiger charge is -2.29. The predicted molar refractivity (Wildman–Crippen MR) is 163 cm³/mol. The summed E-state index contributed by atoms with van der Waals surface area (Å²) in [6.45, 7) is 6.94. The number of nitrogens with one attached hydrogen (secondary N) is 3.